The van der Waals surface area contributed by atoms with Crippen molar-refractivity contribution in [3.05, 3.63) is 35.7 Å². The Morgan fingerprint density at radius 1 is 1.37 bits per heavy atom. The number of nitrogens with one attached hydrogen (secondary N) is 1. The number of benzene rings is 1. The van der Waals surface area contributed by atoms with Gasteiger partial charge in [-0.1, -0.05) is 17.4 Å². The van der Waals surface area contributed by atoms with E-state index in [-0.39, 0.29) is 10.1 Å². The lowest BCUT2D eigenvalue weighted by Crippen LogP contribution is -2.42. The van der Waals surface area contributed by atoms with Crippen molar-refractivity contribution in [1.29, 1.82) is 0 Å². The van der Waals surface area contributed by atoms with Gasteiger partial charge in [0.15, 0.2) is 5.13 Å². The van der Waals surface area contributed by atoms with Gasteiger partial charge in [0.2, 0.25) is 5.91 Å². The molecule has 27 heavy (non-hydrogen) atoms. The van der Waals surface area contributed by atoms with E-state index in [1.807, 2.05) is 24.5 Å². The van der Waals surface area contributed by atoms with Gasteiger partial charge in [0, 0.05) is 11.4 Å². The Kier molecular flexibility index (Phi) is 5.26. The number of hydrogen-bond acceptors (Lipinski definition) is 7. The Morgan fingerprint density at radius 2 is 2.22 bits per heavy atom. The number of hydrogen-bond donors (Lipinski definition) is 1. The molecule has 0 saturated carbocycles. The van der Waals surface area contributed by atoms with E-state index in [1.54, 1.807) is 29.3 Å². The highest BCUT2D eigenvalue weighted by Crippen LogP contribution is 2.32. The third kappa shape index (κ3) is 3.64. The Morgan fingerprint density at radius 3 is 2.96 bits per heavy atom. The molecule has 1 saturated heterocycles. The summed E-state index contributed by atoms with van der Waals surface area (Å²) in [5, 5.41) is 5.04. The van der Waals surface area contributed by atoms with Crippen LogP contribution in [-0.4, -0.2) is 42.5 Å². The average Bonchev–Trinajstić information content (AvgIpc) is 3.39. The van der Waals surface area contributed by atoms with Crippen LogP contribution >= 0.6 is 34.4 Å². The summed E-state index contributed by atoms with van der Waals surface area (Å²) >= 11 is 4.21. The first-order chi connectivity index (χ1) is 13.0. The maximum atomic E-state index is 12.8. The summed E-state index contributed by atoms with van der Waals surface area (Å²) in [5.41, 5.74) is 0.822. The van der Waals surface area contributed by atoms with E-state index in [1.165, 1.54) is 27.0 Å². The molecule has 3 heterocycles. The molecule has 0 spiro atoms. The van der Waals surface area contributed by atoms with Gasteiger partial charge in [-0.05, 0) is 48.7 Å². The molecule has 0 radical (unpaired) electrons. The summed E-state index contributed by atoms with van der Waals surface area (Å²) in [7, 11) is -3.64. The van der Waals surface area contributed by atoms with Crippen molar-refractivity contribution in [3.63, 3.8) is 0 Å². The molecule has 0 bridgehead atoms. The molecule has 6 nitrogen and oxygen atoms in total. The fraction of sp³-hybridized carbons (Fsp3) is 0.294. The Balaban J connectivity index is 1.55. The molecule has 1 atom stereocenters. The van der Waals surface area contributed by atoms with E-state index in [2.05, 4.69) is 10.3 Å². The standard InChI is InChI=1S/C17H17N3O3S4/c1-24-11-6-7-12-14(10-11)26-17(18-12)19-16(21)13-4-2-8-20(13)27(22,23)15-5-3-9-25-15/h3,5-7,9-10,13H,2,4,8H2,1H3,(H,18,19,21). The maximum absolute atomic E-state index is 12.8. The fourth-order valence-corrected chi connectivity index (χ4v) is 7.29. The fourth-order valence-electron chi connectivity index (χ4n) is 3.09. The quantitative estimate of drug-likeness (QED) is 0.611. The number of fused-ring (bicyclic) bond motifs is 1. The molecule has 3 aromatic rings. The SMILES string of the molecule is CSc1ccc2nc(NC(=O)C3CCCN3S(=O)(=O)c3cccs3)sc2c1. The van der Waals surface area contributed by atoms with Crippen molar-refractivity contribution in [2.75, 3.05) is 18.1 Å². The van der Waals surface area contributed by atoms with Crippen LogP contribution in [0.1, 0.15) is 12.8 Å². The maximum Gasteiger partial charge on any atom is 0.253 e. The third-order valence-electron chi connectivity index (χ3n) is 4.39. The number of carbonyl (C=O) groups is 1. The molecule has 1 N–H and O–H groups in total. The zero-order valence-electron chi connectivity index (χ0n) is 14.4. The molecular formula is C17H17N3O3S4. The van der Waals surface area contributed by atoms with Gasteiger partial charge in [0.05, 0.1) is 10.2 Å². The minimum atomic E-state index is -3.64. The largest absolute Gasteiger partial charge is 0.301 e. The molecule has 4 rings (SSSR count). The van der Waals surface area contributed by atoms with E-state index in [9.17, 15) is 13.2 Å². The monoisotopic (exact) mass is 439 g/mol. The minimum Gasteiger partial charge on any atom is -0.301 e. The summed E-state index contributed by atoms with van der Waals surface area (Å²) in [6.45, 7) is 0.356. The predicted octanol–water partition coefficient (Wildman–Crippen LogP) is 3.87. The summed E-state index contributed by atoms with van der Waals surface area (Å²) in [6, 6.07) is 8.53. The molecule has 0 aliphatic carbocycles. The molecule has 1 aromatic carbocycles. The molecule has 1 aliphatic heterocycles. The lowest BCUT2D eigenvalue weighted by Gasteiger charge is -2.22. The second kappa shape index (κ2) is 7.51. The van der Waals surface area contributed by atoms with Gasteiger partial charge in [-0.3, -0.25) is 4.79 Å². The van der Waals surface area contributed by atoms with Crippen LogP contribution in [0, 0.1) is 0 Å². The van der Waals surface area contributed by atoms with Crippen LogP contribution in [0.2, 0.25) is 0 Å². The minimum absolute atomic E-state index is 0.270. The Bertz CT molecular complexity index is 1080. The zero-order valence-corrected chi connectivity index (χ0v) is 17.7. The molecule has 1 fully saturated rings. The normalized spacial score (nSPS) is 18.2. The van der Waals surface area contributed by atoms with Crippen LogP contribution in [-0.2, 0) is 14.8 Å². The predicted molar refractivity (Wildman–Crippen MR) is 111 cm³/mol. The van der Waals surface area contributed by atoms with Gasteiger partial charge in [0.1, 0.15) is 10.3 Å². The smallest absolute Gasteiger partial charge is 0.253 e. The number of anilines is 1. The van der Waals surface area contributed by atoms with Crippen LogP contribution in [0.25, 0.3) is 10.2 Å². The molecule has 1 amide bonds. The van der Waals surface area contributed by atoms with E-state index in [0.29, 0.717) is 24.5 Å². The number of rotatable bonds is 5. The van der Waals surface area contributed by atoms with Crippen molar-refractivity contribution in [2.24, 2.45) is 0 Å². The van der Waals surface area contributed by atoms with Crippen molar-refractivity contribution in [1.82, 2.24) is 9.29 Å². The van der Waals surface area contributed by atoms with E-state index >= 15 is 0 Å². The van der Waals surface area contributed by atoms with Crippen LogP contribution < -0.4 is 5.32 Å². The van der Waals surface area contributed by atoms with Crippen LogP contribution in [0.4, 0.5) is 5.13 Å². The summed E-state index contributed by atoms with van der Waals surface area (Å²) in [5.74, 6) is -0.322. The van der Waals surface area contributed by atoms with Gasteiger partial charge in [-0.2, -0.15) is 4.31 Å². The second-order valence-corrected chi connectivity index (χ2v) is 11.0. The number of thioether (sulfide) groups is 1. The molecular weight excluding hydrogens is 422 g/mol. The first kappa shape index (κ1) is 18.9. The molecule has 1 unspecified atom stereocenters. The molecule has 2 aromatic heterocycles. The van der Waals surface area contributed by atoms with Gasteiger partial charge in [0.25, 0.3) is 10.0 Å². The average molecular weight is 440 g/mol. The number of amides is 1. The number of carbonyl (C=O) groups excluding carboxylic acids is 1. The number of aromatic nitrogens is 1. The summed E-state index contributed by atoms with van der Waals surface area (Å²) < 4.78 is 28.2. The topological polar surface area (TPSA) is 79.4 Å². The van der Waals surface area contributed by atoms with Crippen LogP contribution in [0.15, 0.2) is 44.8 Å². The zero-order chi connectivity index (χ0) is 19.0. The lowest BCUT2D eigenvalue weighted by molar-refractivity contribution is -0.119. The Labute approximate surface area is 169 Å². The second-order valence-electron chi connectivity index (χ2n) is 6.05. The van der Waals surface area contributed by atoms with Gasteiger partial charge >= 0.3 is 0 Å². The number of sulfonamides is 1. The van der Waals surface area contributed by atoms with Gasteiger partial charge in [-0.15, -0.1) is 23.1 Å². The van der Waals surface area contributed by atoms with E-state index in [0.717, 1.165) is 15.1 Å². The van der Waals surface area contributed by atoms with E-state index in [4.69, 9.17) is 0 Å². The van der Waals surface area contributed by atoms with Crippen molar-refractivity contribution >= 4 is 65.7 Å². The molecule has 142 valence electrons. The van der Waals surface area contributed by atoms with E-state index < -0.39 is 16.1 Å². The summed E-state index contributed by atoms with van der Waals surface area (Å²) in [4.78, 5) is 18.4. The highest BCUT2D eigenvalue weighted by molar-refractivity contribution is 7.98. The number of thiophene rings is 1. The first-order valence-corrected chi connectivity index (χ1v) is 12.7. The highest BCUT2D eigenvalue weighted by Gasteiger charge is 2.40. The first-order valence-electron chi connectivity index (χ1n) is 8.30. The summed E-state index contributed by atoms with van der Waals surface area (Å²) in [6.07, 6.45) is 3.19. The van der Waals surface area contributed by atoms with Crippen LogP contribution in [0.3, 0.4) is 0 Å². The number of thiazole rings is 1. The highest BCUT2D eigenvalue weighted by atomic mass is 32.2. The van der Waals surface area contributed by atoms with Crippen molar-refractivity contribution < 1.29 is 13.2 Å². The molecule has 10 heteroatoms. The van der Waals surface area contributed by atoms with Gasteiger partial charge < -0.3 is 5.32 Å². The van der Waals surface area contributed by atoms with Crippen LogP contribution in [0.5, 0.6) is 0 Å². The Hall–Kier alpha value is -1.46. The third-order valence-corrected chi connectivity index (χ3v) is 9.33. The van der Waals surface area contributed by atoms with Crippen molar-refractivity contribution in [3.8, 4) is 0 Å². The number of nitrogens with zero attached hydrogens (tertiary/aromatic N) is 2. The van der Waals surface area contributed by atoms with Gasteiger partial charge in [-0.25, -0.2) is 13.4 Å². The molecule has 1 aliphatic rings. The van der Waals surface area contributed by atoms with Crippen molar-refractivity contribution in [2.45, 2.75) is 28.0 Å². The lowest BCUT2D eigenvalue weighted by atomic mass is 10.2.